The number of carbonyl (C=O) groups is 1. The predicted octanol–water partition coefficient (Wildman–Crippen LogP) is 5.51. The molecule has 7 heteroatoms. The smallest absolute Gasteiger partial charge is 0.339 e. The molecule has 0 radical (unpaired) electrons. The number of benzene rings is 1. The largest absolute Gasteiger partial charge is 0.465 e. The highest BCUT2D eigenvalue weighted by molar-refractivity contribution is 5.92. The van der Waals surface area contributed by atoms with E-state index in [1.54, 1.807) is 18.2 Å². The number of ether oxygens (including phenoxy) is 1. The minimum absolute atomic E-state index is 0.220. The first-order chi connectivity index (χ1) is 15.5. The van der Waals surface area contributed by atoms with Crippen LogP contribution in [0, 0.1) is 11.7 Å². The molecule has 0 aliphatic heterocycles. The summed E-state index contributed by atoms with van der Waals surface area (Å²) in [6.45, 7) is 2.20. The number of halogens is 1. The standard InChI is InChI=1S/C25H25FN4O2/c1-14(23-29-22-11-17(25(31)32-2)13-28-24(22)30-23)15-3-5-16(6-4-15)19-9-10-27-21-8-7-18(26)12-20(19)21/h7-16H,3-6H2,1-2H3,(H,28,29,30). The highest BCUT2D eigenvalue weighted by Gasteiger charge is 2.29. The predicted molar refractivity (Wildman–Crippen MR) is 120 cm³/mol. The summed E-state index contributed by atoms with van der Waals surface area (Å²) in [5, 5.41) is 0.925. The van der Waals surface area contributed by atoms with Gasteiger partial charge in [-0.3, -0.25) is 4.98 Å². The molecule has 4 aromatic rings. The van der Waals surface area contributed by atoms with Crippen LogP contribution in [-0.4, -0.2) is 33.0 Å². The van der Waals surface area contributed by atoms with Gasteiger partial charge in [-0.25, -0.2) is 19.2 Å². The molecule has 1 N–H and O–H groups in total. The lowest BCUT2D eigenvalue weighted by molar-refractivity contribution is 0.0600. The number of imidazole rings is 1. The lowest BCUT2D eigenvalue weighted by Gasteiger charge is -2.32. The maximum absolute atomic E-state index is 13.8. The molecule has 3 heterocycles. The molecule has 1 saturated carbocycles. The number of nitrogens with one attached hydrogen (secondary N) is 1. The van der Waals surface area contributed by atoms with E-state index in [4.69, 9.17) is 4.74 Å². The summed E-state index contributed by atoms with van der Waals surface area (Å²) in [6, 6.07) is 8.61. The van der Waals surface area contributed by atoms with E-state index in [1.165, 1.54) is 24.9 Å². The van der Waals surface area contributed by atoms with Crippen molar-refractivity contribution in [3.63, 3.8) is 0 Å². The Balaban J connectivity index is 1.32. The zero-order chi connectivity index (χ0) is 22.2. The van der Waals surface area contributed by atoms with E-state index in [0.29, 0.717) is 23.0 Å². The molecule has 1 aliphatic rings. The van der Waals surface area contributed by atoms with Crippen molar-refractivity contribution < 1.29 is 13.9 Å². The van der Waals surface area contributed by atoms with Gasteiger partial charge in [-0.1, -0.05) is 6.92 Å². The van der Waals surface area contributed by atoms with Gasteiger partial charge in [-0.2, -0.15) is 0 Å². The molecule has 5 rings (SSSR count). The Morgan fingerprint density at radius 3 is 2.75 bits per heavy atom. The van der Waals surface area contributed by atoms with Gasteiger partial charge < -0.3 is 9.72 Å². The Morgan fingerprint density at radius 1 is 1.16 bits per heavy atom. The molecule has 0 spiro atoms. The molecule has 0 bridgehead atoms. The Morgan fingerprint density at radius 2 is 1.97 bits per heavy atom. The first-order valence-corrected chi connectivity index (χ1v) is 11.0. The molecule has 1 atom stereocenters. The van der Waals surface area contributed by atoms with Crippen LogP contribution in [0.1, 0.15) is 66.2 Å². The van der Waals surface area contributed by atoms with Crippen LogP contribution in [0.25, 0.3) is 22.1 Å². The van der Waals surface area contributed by atoms with Crippen LogP contribution in [0.15, 0.2) is 42.7 Å². The van der Waals surface area contributed by atoms with Gasteiger partial charge in [-0.05, 0) is 73.4 Å². The van der Waals surface area contributed by atoms with Crippen LogP contribution in [-0.2, 0) is 4.74 Å². The van der Waals surface area contributed by atoms with E-state index in [0.717, 1.165) is 47.9 Å². The Labute approximate surface area is 185 Å². The maximum Gasteiger partial charge on any atom is 0.339 e. The second-order valence-corrected chi connectivity index (χ2v) is 8.67. The maximum atomic E-state index is 13.8. The normalized spacial score (nSPS) is 19.8. The summed E-state index contributed by atoms with van der Waals surface area (Å²) < 4.78 is 18.6. The van der Waals surface area contributed by atoms with Gasteiger partial charge in [-0.15, -0.1) is 0 Å². The number of methoxy groups -OCH3 is 1. The highest BCUT2D eigenvalue weighted by atomic mass is 19.1. The first-order valence-electron chi connectivity index (χ1n) is 11.0. The van der Waals surface area contributed by atoms with Crippen molar-refractivity contribution in [2.75, 3.05) is 7.11 Å². The molecule has 1 fully saturated rings. The number of carbonyl (C=O) groups excluding carboxylic acids is 1. The summed E-state index contributed by atoms with van der Waals surface area (Å²) in [6.07, 6.45) is 7.57. The molecule has 0 saturated heterocycles. The van der Waals surface area contributed by atoms with Crippen molar-refractivity contribution in [2.24, 2.45) is 5.92 Å². The van der Waals surface area contributed by atoms with Crippen molar-refractivity contribution in [3.8, 4) is 0 Å². The van der Waals surface area contributed by atoms with Crippen molar-refractivity contribution in [1.82, 2.24) is 19.9 Å². The van der Waals surface area contributed by atoms with E-state index in [1.807, 2.05) is 12.3 Å². The fourth-order valence-corrected chi connectivity index (χ4v) is 5.01. The Bertz CT molecular complexity index is 1290. The van der Waals surface area contributed by atoms with Crippen LogP contribution in [0.2, 0.25) is 0 Å². The number of hydrogen-bond acceptors (Lipinski definition) is 5. The van der Waals surface area contributed by atoms with E-state index >= 15 is 0 Å². The number of H-pyrrole nitrogens is 1. The van der Waals surface area contributed by atoms with Gasteiger partial charge in [0, 0.05) is 23.7 Å². The minimum Gasteiger partial charge on any atom is -0.465 e. The van der Waals surface area contributed by atoms with E-state index < -0.39 is 5.97 Å². The average molecular weight is 432 g/mol. The summed E-state index contributed by atoms with van der Waals surface area (Å²) in [7, 11) is 1.36. The molecule has 6 nitrogen and oxygen atoms in total. The topological polar surface area (TPSA) is 80.8 Å². The average Bonchev–Trinajstić information content (AvgIpc) is 3.26. The van der Waals surface area contributed by atoms with Crippen LogP contribution in [0.5, 0.6) is 0 Å². The SMILES string of the molecule is COC(=O)c1cnc2nc(C(C)C3CCC(c4ccnc5ccc(F)cc45)CC3)[nH]c2c1. The van der Waals surface area contributed by atoms with Crippen LogP contribution < -0.4 is 0 Å². The number of nitrogens with zero attached hydrogens (tertiary/aromatic N) is 3. The zero-order valence-electron chi connectivity index (χ0n) is 18.1. The number of aromatic nitrogens is 4. The summed E-state index contributed by atoms with van der Waals surface area (Å²) >= 11 is 0. The lowest BCUT2D eigenvalue weighted by atomic mass is 9.73. The van der Waals surface area contributed by atoms with Crippen LogP contribution in [0.4, 0.5) is 4.39 Å². The summed E-state index contributed by atoms with van der Waals surface area (Å²) in [5.41, 5.74) is 3.81. The number of fused-ring (bicyclic) bond motifs is 2. The molecular formula is C25H25FN4O2. The number of pyridine rings is 2. The summed E-state index contributed by atoms with van der Waals surface area (Å²) in [4.78, 5) is 28.5. The number of aromatic amines is 1. The lowest BCUT2D eigenvalue weighted by Crippen LogP contribution is -2.19. The number of hydrogen-bond donors (Lipinski definition) is 1. The van der Waals surface area contributed by atoms with Gasteiger partial charge in [0.2, 0.25) is 0 Å². The van der Waals surface area contributed by atoms with Gasteiger partial charge in [0.05, 0.1) is 23.7 Å². The summed E-state index contributed by atoms with van der Waals surface area (Å²) in [5.74, 6) is 1.42. The number of rotatable bonds is 4. The van der Waals surface area contributed by atoms with Crippen molar-refractivity contribution in [1.29, 1.82) is 0 Å². The Kier molecular flexibility index (Phi) is 5.33. The fraction of sp³-hybridized carbons (Fsp3) is 0.360. The van der Waals surface area contributed by atoms with Gasteiger partial charge in [0.25, 0.3) is 0 Å². The Hall–Kier alpha value is -3.35. The monoisotopic (exact) mass is 432 g/mol. The van der Waals surface area contributed by atoms with E-state index in [2.05, 4.69) is 26.9 Å². The van der Waals surface area contributed by atoms with Gasteiger partial charge in [0.15, 0.2) is 5.65 Å². The van der Waals surface area contributed by atoms with E-state index in [-0.39, 0.29) is 11.7 Å². The molecule has 1 aliphatic carbocycles. The molecule has 1 aromatic carbocycles. The van der Waals surface area contributed by atoms with Crippen molar-refractivity contribution in [3.05, 3.63) is 65.5 Å². The van der Waals surface area contributed by atoms with Gasteiger partial charge >= 0.3 is 5.97 Å². The third-order valence-corrected chi connectivity index (χ3v) is 6.86. The molecular weight excluding hydrogens is 407 g/mol. The minimum atomic E-state index is -0.412. The van der Waals surface area contributed by atoms with E-state index in [9.17, 15) is 9.18 Å². The quantitative estimate of drug-likeness (QED) is 0.430. The number of esters is 1. The molecule has 3 aromatic heterocycles. The molecule has 32 heavy (non-hydrogen) atoms. The molecule has 1 unspecified atom stereocenters. The highest BCUT2D eigenvalue weighted by Crippen LogP contribution is 2.42. The second-order valence-electron chi connectivity index (χ2n) is 8.67. The van der Waals surface area contributed by atoms with Crippen LogP contribution in [0.3, 0.4) is 0 Å². The third-order valence-electron chi connectivity index (χ3n) is 6.86. The third kappa shape index (κ3) is 3.72. The van der Waals surface area contributed by atoms with Crippen LogP contribution >= 0.6 is 0 Å². The van der Waals surface area contributed by atoms with Crippen molar-refractivity contribution in [2.45, 2.75) is 44.4 Å². The molecule has 164 valence electrons. The second kappa shape index (κ2) is 8.30. The fourth-order valence-electron chi connectivity index (χ4n) is 5.01. The van der Waals surface area contributed by atoms with Gasteiger partial charge in [0.1, 0.15) is 11.6 Å². The first kappa shape index (κ1) is 20.5. The zero-order valence-corrected chi connectivity index (χ0v) is 18.1. The van der Waals surface area contributed by atoms with Crippen molar-refractivity contribution >= 4 is 28.0 Å². The molecule has 0 amide bonds.